The molecule has 1 aliphatic heterocycles. The fourth-order valence-corrected chi connectivity index (χ4v) is 3.73. The summed E-state index contributed by atoms with van der Waals surface area (Å²) in [4.78, 5) is 18.2. The zero-order valence-electron chi connectivity index (χ0n) is 16.0. The van der Waals surface area contributed by atoms with E-state index in [0.717, 1.165) is 18.7 Å². The topological polar surface area (TPSA) is 45.3 Å². The molecule has 1 amide bonds. The Balaban J connectivity index is 1.44. The minimum atomic E-state index is 0.158. The van der Waals surface area contributed by atoms with E-state index in [1.807, 2.05) is 35.2 Å². The molecule has 0 aliphatic carbocycles. The molecule has 1 aromatic heterocycles. The Bertz CT molecular complexity index is 944. The van der Waals surface area contributed by atoms with Gasteiger partial charge in [0.05, 0.1) is 13.0 Å². The van der Waals surface area contributed by atoms with Gasteiger partial charge in [0.25, 0.3) is 0 Å². The Hall–Kier alpha value is -2.75. The summed E-state index contributed by atoms with van der Waals surface area (Å²) in [5.74, 6) is 1.46. The highest BCUT2D eigenvalue weighted by Crippen LogP contribution is 2.30. The summed E-state index contributed by atoms with van der Waals surface area (Å²) in [6.07, 6.45) is 1.29. The van der Waals surface area contributed by atoms with E-state index >= 15 is 0 Å². The van der Waals surface area contributed by atoms with Crippen molar-refractivity contribution < 1.29 is 9.53 Å². The van der Waals surface area contributed by atoms with Crippen LogP contribution in [0.25, 0.3) is 10.9 Å². The third-order valence-electron chi connectivity index (χ3n) is 5.35. The summed E-state index contributed by atoms with van der Waals surface area (Å²) in [5.41, 5.74) is 5.06. The largest absolute Gasteiger partial charge is 0.493 e. The number of carbonyl (C=O) groups is 1. The van der Waals surface area contributed by atoms with Gasteiger partial charge >= 0.3 is 0 Å². The summed E-state index contributed by atoms with van der Waals surface area (Å²) in [5, 5.41) is 1.26. The van der Waals surface area contributed by atoms with E-state index in [1.165, 1.54) is 27.7 Å². The van der Waals surface area contributed by atoms with Gasteiger partial charge in [0.2, 0.25) is 5.91 Å². The number of amides is 1. The van der Waals surface area contributed by atoms with Gasteiger partial charge < -0.3 is 14.6 Å². The van der Waals surface area contributed by atoms with Crippen molar-refractivity contribution in [2.24, 2.45) is 0 Å². The minimum Gasteiger partial charge on any atom is -0.493 e. The van der Waals surface area contributed by atoms with Crippen LogP contribution in [0.5, 0.6) is 5.75 Å². The molecule has 4 rings (SSSR count). The van der Waals surface area contributed by atoms with Crippen LogP contribution >= 0.6 is 0 Å². The van der Waals surface area contributed by atoms with Crippen LogP contribution in [0.3, 0.4) is 0 Å². The number of carbonyl (C=O) groups excluding carboxylic acids is 1. The van der Waals surface area contributed by atoms with E-state index in [9.17, 15) is 4.79 Å². The fraction of sp³-hybridized carbons (Fsp3) is 0.348. The van der Waals surface area contributed by atoms with Crippen molar-refractivity contribution in [2.75, 3.05) is 13.2 Å². The molecule has 1 aliphatic rings. The van der Waals surface area contributed by atoms with Crippen LogP contribution in [-0.2, 0) is 17.8 Å². The third-order valence-corrected chi connectivity index (χ3v) is 5.35. The minimum absolute atomic E-state index is 0.158. The molecule has 1 N–H and O–H groups in total. The van der Waals surface area contributed by atoms with Crippen LogP contribution < -0.4 is 4.74 Å². The second-order valence-corrected chi connectivity index (χ2v) is 7.52. The van der Waals surface area contributed by atoms with Crippen molar-refractivity contribution in [1.29, 1.82) is 0 Å². The van der Waals surface area contributed by atoms with E-state index in [1.54, 1.807) is 0 Å². The zero-order valence-corrected chi connectivity index (χ0v) is 16.0. The molecule has 2 aromatic carbocycles. The summed E-state index contributed by atoms with van der Waals surface area (Å²) in [6.45, 7) is 6.28. The lowest BCUT2D eigenvalue weighted by Gasteiger charge is -2.27. The van der Waals surface area contributed by atoms with Crippen LogP contribution in [0.1, 0.15) is 43.0 Å². The quantitative estimate of drug-likeness (QED) is 0.718. The summed E-state index contributed by atoms with van der Waals surface area (Å²) in [7, 11) is 0. The Morgan fingerprint density at radius 2 is 2.00 bits per heavy atom. The van der Waals surface area contributed by atoms with Crippen molar-refractivity contribution in [3.63, 3.8) is 0 Å². The first-order chi connectivity index (χ1) is 13.1. The van der Waals surface area contributed by atoms with Gasteiger partial charge in [-0.25, -0.2) is 0 Å². The predicted molar refractivity (Wildman–Crippen MR) is 108 cm³/mol. The normalized spacial score (nSPS) is 13.8. The van der Waals surface area contributed by atoms with Crippen molar-refractivity contribution in [3.8, 4) is 5.75 Å². The molecule has 0 fully saturated rings. The second kappa shape index (κ2) is 7.47. The van der Waals surface area contributed by atoms with Gasteiger partial charge in [-0.15, -0.1) is 0 Å². The van der Waals surface area contributed by atoms with Crippen molar-refractivity contribution in [2.45, 2.75) is 39.2 Å². The molecule has 140 valence electrons. The maximum Gasteiger partial charge on any atom is 0.226 e. The number of rotatable bonds is 5. The molecule has 0 saturated heterocycles. The van der Waals surface area contributed by atoms with Crippen molar-refractivity contribution in [1.82, 2.24) is 9.88 Å². The number of benzene rings is 2. The van der Waals surface area contributed by atoms with Gasteiger partial charge in [0.15, 0.2) is 0 Å². The average Bonchev–Trinajstić information content (AvgIpc) is 3.05. The molecule has 0 bridgehead atoms. The van der Waals surface area contributed by atoms with Gasteiger partial charge in [0.1, 0.15) is 5.75 Å². The predicted octanol–water partition coefficient (Wildman–Crippen LogP) is 4.65. The number of aromatic amines is 1. The molecule has 0 atom stereocenters. The first kappa shape index (κ1) is 17.7. The monoisotopic (exact) mass is 362 g/mol. The molecule has 4 heteroatoms. The molecule has 3 aromatic rings. The SMILES string of the molecule is CC(C)c1ccc2[nH]c3c(c2c1)CN(C(=O)CCOc1ccccc1)CC3. The van der Waals surface area contributed by atoms with Crippen LogP contribution in [0.2, 0.25) is 0 Å². The standard InChI is InChI=1S/C23H26N2O2/c1-16(2)17-8-9-21-19(14-17)20-15-25(12-10-22(20)24-21)23(26)11-13-27-18-6-4-3-5-7-18/h3-9,14,16,24H,10-13,15H2,1-2H3. The first-order valence-electron chi connectivity index (χ1n) is 9.71. The lowest BCUT2D eigenvalue weighted by molar-refractivity contribution is -0.132. The molecule has 0 spiro atoms. The lowest BCUT2D eigenvalue weighted by Crippen LogP contribution is -2.36. The summed E-state index contributed by atoms with van der Waals surface area (Å²) in [6, 6.07) is 16.3. The van der Waals surface area contributed by atoms with Gasteiger partial charge in [-0.05, 0) is 35.7 Å². The average molecular weight is 362 g/mol. The summed E-state index contributed by atoms with van der Waals surface area (Å²) < 4.78 is 5.68. The molecule has 27 heavy (non-hydrogen) atoms. The highest BCUT2D eigenvalue weighted by molar-refractivity contribution is 5.86. The first-order valence-corrected chi connectivity index (χ1v) is 9.71. The van der Waals surface area contributed by atoms with Crippen LogP contribution in [0, 0.1) is 0 Å². The molecule has 0 saturated carbocycles. The lowest BCUT2D eigenvalue weighted by atomic mass is 9.98. The Labute approximate surface area is 160 Å². The van der Waals surface area contributed by atoms with E-state index in [0.29, 0.717) is 25.5 Å². The van der Waals surface area contributed by atoms with Crippen LogP contribution in [-0.4, -0.2) is 28.9 Å². The molecular formula is C23H26N2O2. The van der Waals surface area contributed by atoms with Gasteiger partial charge in [0, 0.05) is 41.7 Å². The number of nitrogens with one attached hydrogen (secondary N) is 1. The molecule has 2 heterocycles. The molecular weight excluding hydrogens is 336 g/mol. The van der Waals surface area contributed by atoms with Gasteiger partial charge in [-0.1, -0.05) is 38.1 Å². The molecule has 0 radical (unpaired) electrons. The highest BCUT2D eigenvalue weighted by atomic mass is 16.5. The van der Waals surface area contributed by atoms with Crippen molar-refractivity contribution in [3.05, 3.63) is 65.4 Å². The highest BCUT2D eigenvalue weighted by Gasteiger charge is 2.24. The number of hydrogen-bond donors (Lipinski definition) is 1. The number of aromatic nitrogens is 1. The maximum atomic E-state index is 12.7. The van der Waals surface area contributed by atoms with E-state index in [-0.39, 0.29) is 5.91 Å². The van der Waals surface area contributed by atoms with Crippen LogP contribution in [0.15, 0.2) is 48.5 Å². The number of hydrogen-bond acceptors (Lipinski definition) is 2. The Morgan fingerprint density at radius 3 is 2.78 bits per heavy atom. The van der Waals surface area contributed by atoms with Crippen molar-refractivity contribution >= 4 is 16.8 Å². The van der Waals surface area contributed by atoms with E-state index in [4.69, 9.17) is 4.74 Å². The fourth-order valence-electron chi connectivity index (χ4n) is 3.73. The number of H-pyrrole nitrogens is 1. The number of fused-ring (bicyclic) bond motifs is 3. The molecule has 0 unspecified atom stereocenters. The molecule has 4 nitrogen and oxygen atoms in total. The second-order valence-electron chi connectivity index (χ2n) is 7.52. The maximum absolute atomic E-state index is 12.7. The Morgan fingerprint density at radius 1 is 1.19 bits per heavy atom. The number of para-hydroxylation sites is 1. The zero-order chi connectivity index (χ0) is 18.8. The smallest absolute Gasteiger partial charge is 0.226 e. The van der Waals surface area contributed by atoms with E-state index in [2.05, 4.69) is 37.0 Å². The number of nitrogens with zero attached hydrogens (tertiary/aromatic N) is 1. The Kier molecular flexibility index (Phi) is 4.88. The number of ether oxygens (including phenoxy) is 1. The van der Waals surface area contributed by atoms with Crippen LogP contribution in [0.4, 0.5) is 0 Å². The third kappa shape index (κ3) is 3.70. The summed E-state index contributed by atoms with van der Waals surface area (Å²) >= 11 is 0. The van der Waals surface area contributed by atoms with Gasteiger partial charge in [-0.2, -0.15) is 0 Å². The van der Waals surface area contributed by atoms with Gasteiger partial charge in [-0.3, -0.25) is 4.79 Å². The van der Waals surface area contributed by atoms with E-state index < -0.39 is 0 Å².